The Hall–Kier alpha value is -1.24. The van der Waals surface area contributed by atoms with E-state index in [0.29, 0.717) is 0 Å². The van der Waals surface area contributed by atoms with Crippen LogP contribution < -0.4 is 4.57 Å². The lowest BCUT2D eigenvalue weighted by molar-refractivity contribution is -0.689. The van der Waals surface area contributed by atoms with Gasteiger partial charge in [0, 0.05) is 12.1 Å². The molecule has 0 N–H and O–H groups in total. The monoisotopic (exact) mass is 133 g/mol. The number of hydrogen-bond donors (Lipinski definition) is 0. The fourth-order valence-electron chi connectivity index (χ4n) is 0.752. The van der Waals surface area contributed by atoms with Crippen molar-refractivity contribution in [1.29, 1.82) is 0 Å². The summed E-state index contributed by atoms with van der Waals surface area (Å²) in [6.45, 7) is 4.51. The minimum Gasteiger partial charge on any atom is -0.245 e. The fraction of sp³-hybridized carbons (Fsp3) is 0.111. The molecule has 52 valence electrons. The Morgan fingerprint density at radius 2 is 2.00 bits per heavy atom. The number of hydrogen-bond acceptors (Lipinski definition) is 0. The zero-order valence-corrected chi connectivity index (χ0v) is 5.90. The molecule has 0 amide bonds. The smallest absolute Gasteiger partial charge is 0.167 e. The van der Waals surface area contributed by atoms with Gasteiger partial charge in [-0.05, 0) is 0 Å². The molecule has 1 aromatic rings. The topological polar surface area (TPSA) is 3.88 Å². The first-order valence-electron chi connectivity index (χ1n) is 3.32. The van der Waals surface area contributed by atoms with Crippen molar-refractivity contribution < 1.29 is 4.57 Å². The molecule has 0 aliphatic rings. The van der Waals surface area contributed by atoms with E-state index in [0.717, 1.165) is 6.54 Å². The molecule has 0 radical (unpaired) electrons. The quantitative estimate of drug-likeness (QED) is 0.433. The predicted molar refractivity (Wildman–Crippen MR) is 41.1 cm³/mol. The molecule has 0 atom stereocenters. The highest BCUT2D eigenvalue weighted by atomic mass is 14.9. The molecular weight excluding hydrogens is 122 g/mol. The maximum atomic E-state index is 3.61. The van der Waals surface area contributed by atoms with E-state index >= 15 is 0 Å². The van der Waals surface area contributed by atoms with Crippen LogP contribution in [0.15, 0.2) is 43.2 Å². The Bertz CT molecular complexity index is 191. The third-order valence-corrected chi connectivity index (χ3v) is 1.26. The molecule has 1 aromatic heterocycles. The van der Waals surface area contributed by atoms with Gasteiger partial charge in [0.05, 0.1) is 0 Å². The van der Waals surface area contributed by atoms with Gasteiger partial charge in [-0.15, -0.1) is 0 Å². The molecule has 0 spiro atoms. The van der Waals surface area contributed by atoms with E-state index in [9.17, 15) is 0 Å². The summed E-state index contributed by atoms with van der Waals surface area (Å²) < 4.78 is 2.08. The molecule has 0 fully saturated rings. The van der Waals surface area contributed by atoms with Crippen molar-refractivity contribution in [2.24, 2.45) is 0 Å². The molecule has 0 aliphatic carbocycles. The third-order valence-electron chi connectivity index (χ3n) is 1.26. The highest BCUT2D eigenvalue weighted by molar-refractivity contribution is 4.86. The van der Waals surface area contributed by atoms with Gasteiger partial charge in [-0.25, -0.2) is 17.2 Å². The van der Waals surface area contributed by atoms with Crippen LogP contribution in [0.4, 0.5) is 0 Å². The predicted octanol–water partition coefficient (Wildman–Crippen LogP) is 1.36. The van der Waals surface area contributed by atoms with Gasteiger partial charge >= 0.3 is 0 Å². The van der Waals surface area contributed by atoms with E-state index in [2.05, 4.69) is 11.1 Å². The van der Waals surface area contributed by atoms with Crippen molar-refractivity contribution in [2.75, 3.05) is 0 Å². The van der Waals surface area contributed by atoms with Crippen LogP contribution in [0.3, 0.4) is 0 Å². The lowest BCUT2D eigenvalue weighted by atomic mass is 10.4. The number of nitrogens with zero attached hydrogens (tertiary/aromatic N) is 1. The van der Waals surface area contributed by atoms with Gasteiger partial charge in [-0.2, -0.15) is 6.42 Å². The highest BCUT2D eigenvalue weighted by Crippen LogP contribution is 1.80. The van der Waals surface area contributed by atoms with Gasteiger partial charge in [0.1, 0.15) is 6.54 Å². The standard InChI is InChI=1S/C9H11N/c1-2-3-7-10-8-5-4-6-9-10/h2-6,8-9H,1,7H2. The average molecular weight is 133 g/mol. The Balaban J connectivity index is 2.50. The summed E-state index contributed by atoms with van der Waals surface area (Å²) in [6, 6.07) is 6.03. The van der Waals surface area contributed by atoms with E-state index in [4.69, 9.17) is 0 Å². The molecule has 1 rings (SSSR count). The summed E-state index contributed by atoms with van der Waals surface area (Å²) in [4.78, 5) is 0. The lowest BCUT2D eigenvalue weighted by Crippen LogP contribution is -2.31. The van der Waals surface area contributed by atoms with Crippen LogP contribution >= 0.6 is 0 Å². The molecule has 1 nitrogen and oxygen atoms in total. The second-order valence-electron chi connectivity index (χ2n) is 2.04. The van der Waals surface area contributed by atoms with Crippen molar-refractivity contribution in [3.05, 3.63) is 49.7 Å². The van der Waals surface area contributed by atoms with Crippen molar-refractivity contribution in [2.45, 2.75) is 6.54 Å². The third kappa shape index (κ3) is 1.94. The zero-order chi connectivity index (χ0) is 7.23. The number of aromatic nitrogens is 1. The summed E-state index contributed by atoms with van der Waals surface area (Å²) in [5, 5.41) is 0. The first kappa shape index (κ1) is 6.87. The van der Waals surface area contributed by atoms with E-state index in [1.165, 1.54) is 0 Å². The molecule has 0 aliphatic heterocycles. The Kier molecular flexibility index (Phi) is 2.56. The minimum atomic E-state index is 0.907. The molecule has 0 bridgehead atoms. The van der Waals surface area contributed by atoms with Gasteiger partial charge in [0.2, 0.25) is 0 Å². The second-order valence-corrected chi connectivity index (χ2v) is 2.04. The fourth-order valence-corrected chi connectivity index (χ4v) is 0.752. The number of allylic oxidation sites excluding steroid dienone is 1. The molecule has 0 saturated heterocycles. The molecule has 0 unspecified atom stereocenters. The molecular formula is C9H11N. The van der Waals surface area contributed by atoms with Gasteiger partial charge in [0.15, 0.2) is 12.4 Å². The van der Waals surface area contributed by atoms with Gasteiger partial charge in [-0.3, -0.25) is 0 Å². The number of rotatable bonds is 3. The maximum absolute atomic E-state index is 3.61. The zero-order valence-electron chi connectivity index (χ0n) is 5.90. The SMILES string of the molecule is C=C[CH-]C[n+]1ccccc1. The van der Waals surface area contributed by atoms with E-state index < -0.39 is 0 Å². The lowest BCUT2D eigenvalue weighted by Gasteiger charge is -1.95. The highest BCUT2D eigenvalue weighted by Gasteiger charge is 1.87. The van der Waals surface area contributed by atoms with Gasteiger partial charge in [-0.1, -0.05) is 6.07 Å². The molecule has 10 heavy (non-hydrogen) atoms. The van der Waals surface area contributed by atoms with Gasteiger partial charge in [0.25, 0.3) is 0 Å². The normalized spacial score (nSPS) is 8.80. The van der Waals surface area contributed by atoms with Crippen molar-refractivity contribution in [3.63, 3.8) is 0 Å². The van der Waals surface area contributed by atoms with Crippen LogP contribution in [-0.2, 0) is 6.54 Å². The minimum absolute atomic E-state index is 0.907. The Morgan fingerprint density at radius 1 is 1.30 bits per heavy atom. The second kappa shape index (κ2) is 3.72. The first-order chi connectivity index (χ1) is 4.93. The average Bonchev–Trinajstić information content (AvgIpc) is 2.03. The van der Waals surface area contributed by atoms with Crippen LogP contribution in [0.25, 0.3) is 0 Å². The van der Waals surface area contributed by atoms with E-state index in [1.54, 1.807) is 6.08 Å². The molecule has 0 saturated carbocycles. The van der Waals surface area contributed by atoms with Crippen LogP contribution in [0.5, 0.6) is 0 Å². The maximum Gasteiger partial charge on any atom is 0.167 e. The van der Waals surface area contributed by atoms with Crippen molar-refractivity contribution in [1.82, 2.24) is 0 Å². The Morgan fingerprint density at radius 3 is 2.60 bits per heavy atom. The van der Waals surface area contributed by atoms with Crippen LogP contribution in [-0.4, -0.2) is 0 Å². The van der Waals surface area contributed by atoms with Crippen molar-refractivity contribution >= 4 is 0 Å². The first-order valence-corrected chi connectivity index (χ1v) is 3.32. The van der Waals surface area contributed by atoms with Crippen molar-refractivity contribution in [3.8, 4) is 0 Å². The summed E-state index contributed by atoms with van der Waals surface area (Å²) in [5.41, 5.74) is 0. The van der Waals surface area contributed by atoms with Crippen LogP contribution in [0.2, 0.25) is 0 Å². The largest absolute Gasteiger partial charge is 0.245 e. The summed E-state index contributed by atoms with van der Waals surface area (Å²) in [6.07, 6.45) is 7.88. The molecule has 0 aromatic carbocycles. The van der Waals surface area contributed by atoms with Crippen LogP contribution in [0.1, 0.15) is 0 Å². The summed E-state index contributed by atoms with van der Waals surface area (Å²) in [5.74, 6) is 0. The Labute approximate surface area is 61.6 Å². The summed E-state index contributed by atoms with van der Waals surface area (Å²) >= 11 is 0. The van der Waals surface area contributed by atoms with E-state index in [-0.39, 0.29) is 0 Å². The van der Waals surface area contributed by atoms with Gasteiger partial charge < -0.3 is 0 Å². The van der Waals surface area contributed by atoms with Crippen LogP contribution in [0, 0.1) is 6.42 Å². The number of pyridine rings is 1. The molecule has 1 heterocycles. The summed E-state index contributed by atoms with van der Waals surface area (Å²) in [7, 11) is 0. The molecule has 1 heteroatoms. The van der Waals surface area contributed by atoms with E-state index in [1.807, 2.05) is 37.0 Å².